The van der Waals surface area contributed by atoms with E-state index in [9.17, 15) is 24.3 Å². The van der Waals surface area contributed by atoms with E-state index < -0.39 is 29.3 Å². The van der Waals surface area contributed by atoms with E-state index in [4.69, 9.17) is 5.73 Å². The molecule has 1 unspecified atom stereocenters. The second-order valence-corrected chi connectivity index (χ2v) is 9.32. The average molecular weight is 489 g/mol. The second kappa shape index (κ2) is 10.2. The molecule has 2 aliphatic rings. The number of aliphatic carboxylic acids is 1. The Labute approximate surface area is 189 Å². The number of tetrazole rings is 1. The van der Waals surface area contributed by atoms with Crippen LogP contribution in [0.5, 0.6) is 0 Å². The largest absolute Gasteiger partial charge is 0.477 e. The Hall–Kier alpha value is -2.46. The number of fused-ring (bicyclic) bond motifs is 1. The molecular weight excluding hydrogens is 468 g/mol. The van der Waals surface area contributed by atoms with Crippen LogP contribution in [0.2, 0.25) is 0 Å². The highest BCUT2D eigenvalue weighted by atomic mass is 32.2. The molecule has 0 spiro atoms. The monoisotopic (exact) mass is 488 g/mol. The number of thioether (sulfide) groups is 3. The maximum absolute atomic E-state index is 12.6. The Kier molecular flexibility index (Phi) is 7.66. The van der Waals surface area contributed by atoms with E-state index in [1.165, 1.54) is 44.9 Å². The molecule has 1 saturated heterocycles. The number of carbonyl (C=O) groups excluding carboxylic acids is 3. The summed E-state index contributed by atoms with van der Waals surface area (Å²) in [4.78, 5) is 48.3. The lowest BCUT2D eigenvalue weighted by Crippen LogP contribution is -2.70. The van der Waals surface area contributed by atoms with Gasteiger partial charge in [0.2, 0.25) is 11.1 Å². The number of aromatic nitrogens is 4. The number of primary amides is 1. The molecule has 31 heavy (non-hydrogen) atoms. The van der Waals surface area contributed by atoms with Crippen LogP contribution in [0.15, 0.2) is 16.4 Å². The molecule has 2 aliphatic heterocycles. The van der Waals surface area contributed by atoms with Crippen molar-refractivity contribution in [3.63, 3.8) is 0 Å². The van der Waals surface area contributed by atoms with Gasteiger partial charge in [0.05, 0.1) is 12.3 Å². The normalized spacial score (nSPS) is 20.2. The first-order valence-corrected chi connectivity index (χ1v) is 12.4. The van der Waals surface area contributed by atoms with E-state index in [0.29, 0.717) is 23.0 Å². The van der Waals surface area contributed by atoms with Gasteiger partial charge in [-0.2, -0.15) is 11.8 Å². The molecule has 0 aliphatic carbocycles. The third kappa shape index (κ3) is 5.24. The molecule has 1 aromatic heterocycles. The highest BCUT2D eigenvalue weighted by Crippen LogP contribution is 2.41. The first-order valence-electron chi connectivity index (χ1n) is 8.94. The third-order valence-corrected chi connectivity index (χ3v) is 7.27. The predicted octanol–water partition coefficient (Wildman–Crippen LogP) is -1.46. The number of β-lactam (4-membered cyclic amide) rings is 1. The van der Waals surface area contributed by atoms with Crippen LogP contribution in [-0.4, -0.2) is 95.5 Å². The van der Waals surface area contributed by atoms with Gasteiger partial charge in [0.1, 0.15) is 17.1 Å². The lowest BCUT2D eigenvalue weighted by atomic mass is 10.0. The van der Waals surface area contributed by atoms with Crippen LogP contribution in [0.3, 0.4) is 0 Å². The van der Waals surface area contributed by atoms with Crippen LogP contribution in [0.25, 0.3) is 0 Å². The fraction of sp³-hybridized carbons (Fsp3) is 0.533. The Morgan fingerprint density at radius 2 is 2.16 bits per heavy atom. The van der Waals surface area contributed by atoms with Gasteiger partial charge in [0.25, 0.3) is 5.91 Å². The summed E-state index contributed by atoms with van der Waals surface area (Å²) >= 11 is 3.97. The third-order valence-electron chi connectivity index (χ3n) is 4.34. The highest BCUT2D eigenvalue weighted by Gasteiger charge is 2.54. The number of urea groups is 1. The van der Waals surface area contributed by atoms with Crippen molar-refractivity contribution in [3.05, 3.63) is 11.3 Å². The molecule has 1 aromatic rings. The molecule has 16 heteroatoms. The number of nitrogens with two attached hydrogens (primary N) is 1. The number of hydrogen-bond acceptors (Lipinski definition) is 10. The number of rotatable bonds is 10. The van der Waals surface area contributed by atoms with E-state index >= 15 is 0 Å². The molecule has 0 radical (unpaired) electrons. The van der Waals surface area contributed by atoms with Crippen LogP contribution < -0.4 is 16.4 Å². The van der Waals surface area contributed by atoms with Gasteiger partial charge in [-0.15, -0.1) is 16.9 Å². The van der Waals surface area contributed by atoms with Crippen LogP contribution in [0.1, 0.15) is 0 Å². The summed E-state index contributed by atoms with van der Waals surface area (Å²) in [6.45, 7) is 0.530. The van der Waals surface area contributed by atoms with Crippen molar-refractivity contribution >= 4 is 59.1 Å². The van der Waals surface area contributed by atoms with Crippen molar-refractivity contribution < 1.29 is 24.3 Å². The number of carboxylic acid groups (broad SMARTS) is 1. The molecule has 168 valence electrons. The van der Waals surface area contributed by atoms with Crippen molar-refractivity contribution in [2.24, 2.45) is 5.73 Å². The van der Waals surface area contributed by atoms with E-state index in [1.54, 1.807) is 6.26 Å². The molecule has 4 amide bonds. The van der Waals surface area contributed by atoms with Gasteiger partial charge in [-0.05, 0) is 22.3 Å². The predicted molar refractivity (Wildman–Crippen MR) is 114 cm³/mol. The Morgan fingerprint density at radius 3 is 2.84 bits per heavy atom. The molecule has 13 nitrogen and oxygen atoms in total. The zero-order valence-corrected chi connectivity index (χ0v) is 18.8. The summed E-state index contributed by atoms with van der Waals surface area (Å²) in [5, 5.41) is 26.2. The van der Waals surface area contributed by atoms with Gasteiger partial charge in [-0.1, -0.05) is 11.8 Å². The fourth-order valence-corrected chi connectivity index (χ4v) is 5.75. The molecule has 5 N–H and O–H groups in total. The quantitative estimate of drug-likeness (QED) is 0.223. The number of nitrogens with zero attached hydrogens (tertiary/aromatic N) is 5. The van der Waals surface area contributed by atoms with Crippen LogP contribution in [0.4, 0.5) is 4.79 Å². The summed E-state index contributed by atoms with van der Waals surface area (Å²) in [5.41, 5.74) is 5.52. The molecule has 2 atom stereocenters. The van der Waals surface area contributed by atoms with E-state index in [1.807, 2.05) is 0 Å². The van der Waals surface area contributed by atoms with Crippen LogP contribution in [-0.2, 0) is 20.9 Å². The summed E-state index contributed by atoms with van der Waals surface area (Å²) in [6.07, 6.45) is 1.78. The fourth-order valence-electron chi connectivity index (χ4n) is 3.02. The summed E-state index contributed by atoms with van der Waals surface area (Å²) in [7, 11) is 0. The molecule has 0 bridgehead atoms. The number of carbonyl (C=O) groups is 4. The van der Waals surface area contributed by atoms with E-state index in [-0.39, 0.29) is 29.7 Å². The Balaban J connectivity index is 1.67. The zero-order valence-electron chi connectivity index (χ0n) is 16.3. The summed E-state index contributed by atoms with van der Waals surface area (Å²) < 4.78 is 1.46. The maximum Gasteiger partial charge on any atom is 0.352 e. The average Bonchev–Trinajstić information content (AvgIpc) is 3.16. The minimum Gasteiger partial charge on any atom is -0.477 e. The van der Waals surface area contributed by atoms with Crippen LogP contribution in [0, 0.1) is 0 Å². The highest BCUT2D eigenvalue weighted by molar-refractivity contribution is 8.01. The van der Waals surface area contributed by atoms with Crippen molar-refractivity contribution in [2.45, 2.75) is 23.1 Å². The van der Waals surface area contributed by atoms with E-state index in [0.717, 1.165) is 0 Å². The summed E-state index contributed by atoms with van der Waals surface area (Å²) in [6, 6.07) is -1.38. The summed E-state index contributed by atoms with van der Waals surface area (Å²) in [5.74, 6) is -1.01. The van der Waals surface area contributed by atoms with Gasteiger partial charge in [-0.3, -0.25) is 14.5 Å². The van der Waals surface area contributed by atoms with E-state index in [2.05, 4.69) is 26.2 Å². The second-order valence-electron chi connectivity index (χ2n) is 6.41. The van der Waals surface area contributed by atoms with Gasteiger partial charge < -0.3 is 21.5 Å². The molecule has 3 rings (SSSR count). The maximum atomic E-state index is 12.6. The lowest BCUT2D eigenvalue weighted by molar-refractivity contribution is -0.150. The van der Waals surface area contributed by atoms with Crippen LogP contribution >= 0.6 is 35.3 Å². The van der Waals surface area contributed by atoms with Gasteiger partial charge >= 0.3 is 12.0 Å². The Bertz CT molecular complexity index is 922. The SMILES string of the molecule is CSCC(=O)NC1C(=O)N2C(C(=O)O)=C(CSc3nnnn3CCNC(N)=O)CS[C@H]12. The minimum absolute atomic E-state index is 0.0639. The van der Waals surface area contributed by atoms with Crippen molar-refractivity contribution in [1.82, 2.24) is 35.7 Å². The van der Waals surface area contributed by atoms with Crippen molar-refractivity contribution in [3.8, 4) is 0 Å². The van der Waals surface area contributed by atoms with Gasteiger partial charge in [0, 0.05) is 18.1 Å². The van der Waals surface area contributed by atoms with Gasteiger partial charge in [-0.25, -0.2) is 14.3 Å². The molecular formula is C15H20N8O5S3. The lowest BCUT2D eigenvalue weighted by Gasteiger charge is -2.49. The topological polar surface area (TPSA) is 185 Å². The molecule has 0 aromatic carbocycles. The number of nitrogens with one attached hydrogen (secondary N) is 2. The Morgan fingerprint density at radius 1 is 1.39 bits per heavy atom. The van der Waals surface area contributed by atoms with Gasteiger partial charge in [0.15, 0.2) is 0 Å². The number of amides is 4. The van der Waals surface area contributed by atoms with Crippen molar-refractivity contribution in [2.75, 3.05) is 30.1 Å². The first kappa shape index (κ1) is 23.2. The standard InChI is InChI=1S/C15H20N8O5S3/c1-29-6-8(24)18-9-11(25)23-10(13(26)27)7(4-30-12(9)23)5-31-15-19-20-21-22(15)3-2-17-14(16)28/h9,12H,2-6H2,1H3,(H,18,24)(H,26,27)(H3,16,17,28)/t9?,12-/m1/s1. The molecule has 0 saturated carbocycles. The molecule has 3 heterocycles. The first-order chi connectivity index (χ1) is 14.8. The minimum atomic E-state index is -1.20. The number of hydrogen-bond donors (Lipinski definition) is 4. The smallest absolute Gasteiger partial charge is 0.352 e. The molecule has 1 fully saturated rings. The zero-order chi connectivity index (χ0) is 22.5. The van der Waals surface area contributed by atoms with Crippen molar-refractivity contribution in [1.29, 1.82) is 0 Å². The number of carboxylic acids is 1.